The molecule has 27 heavy (non-hydrogen) atoms. The molecule has 0 amide bonds. The molecule has 3 aromatic rings. The molecule has 3 rings (SSSR count). The first-order chi connectivity index (χ1) is 12.5. The third-order valence-electron chi connectivity index (χ3n) is 4.01. The molecule has 0 aliphatic carbocycles. The minimum absolute atomic E-state index is 0.0852. The molecule has 0 aliphatic rings. The van der Waals surface area contributed by atoms with Gasteiger partial charge in [0.15, 0.2) is 5.58 Å². The van der Waals surface area contributed by atoms with E-state index in [1.165, 1.54) is 12.1 Å². The zero-order valence-corrected chi connectivity index (χ0v) is 16.2. The van der Waals surface area contributed by atoms with Gasteiger partial charge in [0.2, 0.25) is 5.89 Å². The minimum Gasteiger partial charge on any atom is -0.478 e. The Morgan fingerprint density at radius 1 is 1.15 bits per heavy atom. The van der Waals surface area contributed by atoms with E-state index in [0.717, 1.165) is 6.07 Å². The standard InChI is InChI=1S/C19H20N2O5S/c1-11-5-6-12(17(22)23)9-16(11)27(24,25)21-13-7-8-15-14(10-13)20-18(26-15)19(2,3)4/h5-10,21H,1-4H3,(H,22,23). The molecule has 142 valence electrons. The molecule has 1 heterocycles. The summed E-state index contributed by atoms with van der Waals surface area (Å²) in [6.07, 6.45) is 0. The SMILES string of the molecule is Cc1ccc(C(=O)O)cc1S(=O)(=O)Nc1ccc2oc(C(C)(C)C)nc2c1. The van der Waals surface area contributed by atoms with Gasteiger partial charge >= 0.3 is 5.97 Å². The first kappa shape index (κ1) is 18.9. The van der Waals surface area contributed by atoms with Crippen LogP contribution < -0.4 is 4.72 Å². The van der Waals surface area contributed by atoms with Gasteiger partial charge in [0.25, 0.3) is 10.0 Å². The van der Waals surface area contributed by atoms with Gasteiger partial charge in [-0.1, -0.05) is 26.8 Å². The lowest BCUT2D eigenvalue weighted by Crippen LogP contribution is -2.15. The van der Waals surface area contributed by atoms with E-state index in [9.17, 15) is 13.2 Å². The fraction of sp³-hybridized carbons (Fsp3) is 0.263. The van der Waals surface area contributed by atoms with E-state index in [2.05, 4.69) is 9.71 Å². The maximum absolute atomic E-state index is 12.7. The van der Waals surface area contributed by atoms with Crippen molar-refractivity contribution in [1.82, 2.24) is 4.98 Å². The van der Waals surface area contributed by atoms with Crippen molar-refractivity contribution in [3.63, 3.8) is 0 Å². The average molecular weight is 388 g/mol. The Morgan fingerprint density at radius 2 is 1.85 bits per heavy atom. The molecular weight excluding hydrogens is 368 g/mol. The van der Waals surface area contributed by atoms with E-state index >= 15 is 0 Å². The summed E-state index contributed by atoms with van der Waals surface area (Å²) in [5.74, 6) is -0.632. The highest BCUT2D eigenvalue weighted by molar-refractivity contribution is 7.92. The van der Waals surface area contributed by atoms with Crippen LogP contribution >= 0.6 is 0 Å². The Hall–Kier alpha value is -2.87. The highest BCUT2D eigenvalue weighted by atomic mass is 32.2. The maximum atomic E-state index is 12.7. The van der Waals surface area contributed by atoms with Crippen LogP contribution in [0, 0.1) is 6.92 Å². The van der Waals surface area contributed by atoms with Gasteiger partial charge in [-0.15, -0.1) is 0 Å². The summed E-state index contributed by atoms with van der Waals surface area (Å²) in [7, 11) is -3.96. The van der Waals surface area contributed by atoms with Crippen LogP contribution in [-0.2, 0) is 15.4 Å². The zero-order chi connectivity index (χ0) is 20.0. The van der Waals surface area contributed by atoms with Crippen LogP contribution in [0.4, 0.5) is 5.69 Å². The number of rotatable bonds is 4. The predicted octanol–water partition coefficient (Wildman–Crippen LogP) is 3.93. The molecule has 0 saturated heterocycles. The molecule has 2 N–H and O–H groups in total. The van der Waals surface area contributed by atoms with Crippen molar-refractivity contribution in [1.29, 1.82) is 0 Å². The smallest absolute Gasteiger partial charge is 0.335 e. The number of sulfonamides is 1. The Kier molecular flexibility index (Phi) is 4.47. The number of nitrogens with one attached hydrogen (secondary N) is 1. The number of anilines is 1. The van der Waals surface area contributed by atoms with Gasteiger partial charge in [-0.2, -0.15) is 0 Å². The lowest BCUT2D eigenvalue weighted by Gasteiger charge is -2.11. The molecule has 2 aromatic carbocycles. The lowest BCUT2D eigenvalue weighted by atomic mass is 9.97. The lowest BCUT2D eigenvalue weighted by molar-refractivity contribution is 0.0696. The summed E-state index contributed by atoms with van der Waals surface area (Å²) in [5, 5.41) is 9.11. The normalized spacial score (nSPS) is 12.3. The molecule has 0 bridgehead atoms. The van der Waals surface area contributed by atoms with E-state index < -0.39 is 16.0 Å². The number of benzene rings is 2. The van der Waals surface area contributed by atoms with Crippen LogP contribution in [0.25, 0.3) is 11.1 Å². The van der Waals surface area contributed by atoms with Gasteiger partial charge in [0.05, 0.1) is 16.1 Å². The first-order valence-electron chi connectivity index (χ1n) is 8.25. The third kappa shape index (κ3) is 3.80. The number of carbonyl (C=O) groups is 1. The van der Waals surface area contributed by atoms with Gasteiger partial charge < -0.3 is 9.52 Å². The van der Waals surface area contributed by atoms with Crippen molar-refractivity contribution in [3.8, 4) is 0 Å². The molecule has 1 aromatic heterocycles. The fourth-order valence-electron chi connectivity index (χ4n) is 2.54. The number of fused-ring (bicyclic) bond motifs is 1. The van der Waals surface area contributed by atoms with Crippen LogP contribution in [0.3, 0.4) is 0 Å². The van der Waals surface area contributed by atoms with Crippen LogP contribution in [-0.4, -0.2) is 24.5 Å². The van der Waals surface area contributed by atoms with Crippen molar-refractivity contribution >= 4 is 32.8 Å². The molecule has 8 heteroatoms. The Morgan fingerprint density at radius 3 is 2.48 bits per heavy atom. The first-order valence-corrected chi connectivity index (χ1v) is 9.73. The number of carboxylic acid groups (broad SMARTS) is 1. The van der Waals surface area contributed by atoms with Crippen LogP contribution in [0.15, 0.2) is 45.7 Å². The summed E-state index contributed by atoms with van der Waals surface area (Å²) in [5.41, 5.74) is 1.50. The quantitative estimate of drug-likeness (QED) is 0.701. The van der Waals surface area contributed by atoms with E-state index in [1.54, 1.807) is 25.1 Å². The molecule has 0 fully saturated rings. The largest absolute Gasteiger partial charge is 0.478 e. The van der Waals surface area contributed by atoms with Gasteiger partial charge in [-0.25, -0.2) is 18.2 Å². The summed E-state index contributed by atoms with van der Waals surface area (Å²) >= 11 is 0. The van der Waals surface area contributed by atoms with Crippen LogP contribution in [0.2, 0.25) is 0 Å². The molecule has 0 saturated carbocycles. The van der Waals surface area contributed by atoms with Gasteiger partial charge in [-0.05, 0) is 42.8 Å². The van der Waals surface area contributed by atoms with E-state index in [4.69, 9.17) is 9.52 Å². The highest BCUT2D eigenvalue weighted by Gasteiger charge is 2.22. The number of hydrogen-bond acceptors (Lipinski definition) is 5. The van der Waals surface area contributed by atoms with E-state index in [-0.39, 0.29) is 15.9 Å². The number of aryl methyl sites for hydroxylation is 1. The topological polar surface area (TPSA) is 110 Å². The Labute approximate surface area is 157 Å². The van der Waals surface area contributed by atoms with Crippen LogP contribution in [0.1, 0.15) is 42.6 Å². The van der Waals surface area contributed by atoms with Gasteiger partial charge in [0.1, 0.15) is 5.52 Å². The van der Waals surface area contributed by atoms with Gasteiger partial charge in [-0.3, -0.25) is 4.72 Å². The third-order valence-corrected chi connectivity index (χ3v) is 5.53. The number of carboxylic acids is 1. The molecule has 0 atom stereocenters. The highest BCUT2D eigenvalue weighted by Crippen LogP contribution is 2.28. The second-order valence-electron chi connectivity index (χ2n) is 7.34. The number of aromatic nitrogens is 1. The molecule has 0 spiro atoms. The van der Waals surface area contributed by atoms with E-state index in [1.807, 2.05) is 20.8 Å². The Balaban J connectivity index is 1.99. The number of nitrogens with zero attached hydrogens (tertiary/aromatic N) is 1. The molecule has 7 nitrogen and oxygen atoms in total. The minimum atomic E-state index is -3.96. The average Bonchev–Trinajstić information content (AvgIpc) is 2.98. The zero-order valence-electron chi connectivity index (χ0n) is 15.4. The number of aromatic carboxylic acids is 1. The van der Waals surface area contributed by atoms with Crippen molar-refractivity contribution in [2.24, 2.45) is 0 Å². The van der Waals surface area contributed by atoms with Crippen molar-refractivity contribution in [2.45, 2.75) is 38.0 Å². The monoisotopic (exact) mass is 388 g/mol. The summed E-state index contributed by atoms with van der Waals surface area (Å²) in [6, 6.07) is 8.79. The number of oxazole rings is 1. The van der Waals surface area contributed by atoms with Crippen molar-refractivity contribution < 1.29 is 22.7 Å². The molecular formula is C19H20N2O5S. The second kappa shape index (κ2) is 6.38. The maximum Gasteiger partial charge on any atom is 0.335 e. The molecule has 0 unspecified atom stereocenters. The fourth-order valence-corrected chi connectivity index (χ4v) is 3.87. The van der Waals surface area contributed by atoms with Crippen molar-refractivity contribution in [2.75, 3.05) is 4.72 Å². The summed E-state index contributed by atoms with van der Waals surface area (Å²) < 4.78 is 33.7. The van der Waals surface area contributed by atoms with Gasteiger partial charge in [0, 0.05) is 5.41 Å². The van der Waals surface area contributed by atoms with Crippen LogP contribution in [0.5, 0.6) is 0 Å². The Bertz CT molecular complexity index is 1140. The molecule has 0 aliphatic heterocycles. The van der Waals surface area contributed by atoms with Crippen molar-refractivity contribution in [3.05, 3.63) is 53.4 Å². The predicted molar refractivity (Wildman–Crippen MR) is 102 cm³/mol. The second-order valence-corrected chi connectivity index (χ2v) is 8.99. The molecule has 0 radical (unpaired) electrons. The number of hydrogen-bond donors (Lipinski definition) is 2. The van der Waals surface area contributed by atoms with E-state index in [0.29, 0.717) is 28.2 Å². The summed E-state index contributed by atoms with van der Waals surface area (Å²) in [4.78, 5) is 15.5. The summed E-state index contributed by atoms with van der Waals surface area (Å²) in [6.45, 7) is 7.52.